The van der Waals surface area contributed by atoms with Gasteiger partial charge >= 0.3 is 0 Å². The van der Waals surface area contributed by atoms with Crippen molar-refractivity contribution in [3.8, 4) is 5.75 Å². The standard InChI is InChI=1S/C15H26N2O/c1-5-18-14-7-6-13(10-12(14)2)17-9-8-15(3,4)11-16/h6-7,10,17H,5,8-9,11,16H2,1-4H3. The molecule has 0 aliphatic rings. The van der Waals surface area contributed by atoms with E-state index in [2.05, 4.69) is 38.2 Å². The molecule has 0 atom stereocenters. The van der Waals surface area contributed by atoms with E-state index in [1.807, 2.05) is 13.0 Å². The first-order valence-corrected chi connectivity index (χ1v) is 6.66. The van der Waals surface area contributed by atoms with Gasteiger partial charge in [0.05, 0.1) is 6.61 Å². The monoisotopic (exact) mass is 250 g/mol. The zero-order chi connectivity index (χ0) is 13.6. The molecule has 3 heteroatoms. The van der Waals surface area contributed by atoms with Crippen LogP contribution in [-0.4, -0.2) is 19.7 Å². The number of ether oxygens (including phenoxy) is 1. The van der Waals surface area contributed by atoms with Gasteiger partial charge in [0.1, 0.15) is 5.75 Å². The van der Waals surface area contributed by atoms with Gasteiger partial charge in [0.2, 0.25) is 0 Å². The number of anilines is 1. The summed E-state index contributed by atoms with van der Waals surface area (Å²) >= 11 is 0. The topological polar surface area (TPSA) is 47.3 Å². The molecule has 0 spiro atoms. The van der Waals surface area contributed by atoms with Crippen molar-refractivity contribution in [3.63, 3.8) is 0 Å². The Morgan fingerprint density at radius 1 is 1.33 bits per heavy atom. The predicted molar refractivity (Wildman–Crippen MR) is 78.3 cm³/mol. The molecule has 1 rings (SSSR count). The van der Waals surface area contributed by atoms with E-state index in [0.717, 1.165) is 30.9 Å². The summed E-state index contributed by atoms with van der Waals surface area (Å²) < 4.78 is 5.52. The van der Waals surface area contributed by atoms with E-state index < -0.39 is 0 Å². The third-order valence-corrected chi connectivity index (χ3v) is 3.16. The van der Waals surface area contributed by atoms with Crippen LogP contribution < -0.4 is 15.8 Å². The van der Waals surface area contributed by atoms with Gasteiger partial charge in [-0.3, -0.25) is 0 Å². The van der Waals surface area contributed by atoms with Crippen molar-refractivity contribution >= 4 is 5.69 Å². The van der Waals surface area contributed by atoms with E-state index >= 15 is 0 Å². The lowest BCUT2D eigenvalue weighted by molar-refractivity contribution is 0.338. The van der Waals surface area contributed by atoms with Crippen LogP contribution in [0.5, 0.6) is 5.75 Å². The highest BCUT2D eigenvalue weighted by atomic mass is 16.5. The van der Waals surface area contributed by atoms with E-state index in [1.54, 1.807) is 0 Å². The van der Waals surface area contributed by atoms with Gasteiger partial charge in [-0.2, -0.15) is 0 Å². The number of benzene rings is 1. The molecule has 0 saturated heterocycles. The largest absolute Gasteiger partial charge is 0.494 e. The molecule has 0 saturated carbocycles. The quantitative estimate of drug-likeness (QED) is 0.781. The van der Waals surface area contributed by atoms with Crippen molar-refractivity contribution in [2.45, 2.75) is 34.1 Å². The van der Waals surface area contributed by atoms with Crippen molar-refractivity contribution in [1.82, 2.24) is 0 Å². The van der Waals surface area contributed by atoms with E-state index in [4.69, 9.17) is 10.5 Å². The Morgan fingerprint density at radius 3 is 2.61 bits per heavy atom. The number of nitrogens with two attached hydrogens (primary N) is 1. The number of nitrogens with one attached hydrogen (secondary N) is 1. The van der Waals surface area contributed by atoms with Crippen molar-refractivity contribution in [2.24, 2.45) is 11.1 Å². The van der Waals surface area contributed by atoms with Gasteiger partial charge in [-0.25, -0.2) is 0 Å². The zero-order valence-electron chi connectivity index (χ0n) is 12.0. The van der Waals surface area contributed by atoms with Gasteiger partial charge < -0.3 is 15.8 Å². The van der Waals surface area contributed by atoms with Crippen LogP contribution >= 0.6 is 0 Å². The van der Waals surface area contributed by atoms with Crippen molar-refractivity contribution in [2.75, 3.05) is 25.0 Å². The van der Waals surface area contributed by atoms with Crippen LogP contribution in [0.3, 0.4) is 0 Å². The summed E-state index contributed by atoms with van der Waals surface area (Å²) in [6.07, 6.45) is 1.07. The molecule has 1 aromatic carbocycles. The fourth-order valence-corrected chi connectivity index (χ4v) is 1.72. The summed E-state index contributed by atoms with van der Waals surface area (Å²) in [5, 5.41) is 3.43. The molecule has 0 aliphatic heterocycles. The number of rotatable bonds is 7. The van der Waals surface area contributed by atoms with Crippen LogP contribution in [0.1, 0.15) is 32.8 Å². The first-order valence-electron chi connectivity index (χ1n) is 6.66. The van der Waals surface area contributed by atoms with Gasteiger partial charge in [0, 0.05) is 12.2 Å². The lowest BCUT2D eigenvalue weighted by atomic mass is 9.90. The molecular weight excluding hydrogens is 224 g/mol. The second kappa shape index (κ2) is 6.64. The highest BCUT2D eigenvalue weighted by molar-refractivity contribution is 5.50. The molecule has 0 aromatic heterocycles. The molecule has 0 bridgehead atoms. The van der Waals surface area contributed by atoms with Crippen LogP contribution in [0.2, 0.25) is 0 Å². The van der Waals surface area contributed by atoms with Gasteiger partial charge in [-0.1, -0.05) is 13.8 Å². The molecule has 1 aromatic rings. The molecule has 0 heterocycles. The molecule has 3 nitrogen and oxygen atoms in total. The van der Waals surface area contributed by atoms with Crippen LogP contribution in [0.15, 0.2) is 18.2 Å². The average molecular weight is 250 g/mol. The fraction of sp³-hybridized carbons (Fsp3) is 0.600. The molecular formula is C15H26N2O. The average Bonchev–Trinajstić information content (AvgIpc) is 2.32. The summed E-state index contributed by atoms with van der Waals surface area (Å²) in [6.45, 7) is 10.8. The maximum atomic E-state index is 5.72. The third-order valence-electron chi connectivity index (χ3n) is 3.16. The second-order valence-corrected chi connectivity index (χ2v) is 5.46. The van der Waals surface area contributed by atoms with E-state index in [1.165, 1.54) is 5.56 Å². The van der Waals surface area contributed by atoms with E-state index in [-0.39, 0.29) is 5.41 Å². The number of hydrogen-bond donors (Lipinski definition) is 2. The summed E-state index contributed by atoms with van der Waals surface area (Å²) in [5.41, 5.74) is 8.23. The SMILES string of the molecule is CCOc1ccc(NCCC(C)(C)CN)cc1C. The summed E-state index contributed by atoms with van der Waals surface area (Å²) in [7, 11) is 0. The van der Waals surface area contributed by atoms with E-state index in [0.29, 0.717) is 6.61 Å². The lowest BCUT2D eigenvalue weighted by Gasteiger charge is -2.22. The molecule has 0 aliphatic carbocycles. The van der Waals surface area contributed by atoms with Crippen molar-refractivity contribution in [1.29, 1.82) is 0 Å². The van der Waals surface area contributed by atoms with Crippen LogP contribution in [0, 0.1) is 12.3 Å². The van der Waals surface area contributed by atoms with Gasteiger partial charge in [-0.05, 0) is 56.0 Å². The van der Waals surface area contributed by atoms with Gasteiger partial charge in [0.25, 0.3) is 0 Å². The van der Waals surface area contributed by atoms with Crippen LogP contribution in [0.4, 0.5) is 5.69 Å². The minimum absolute atomic E-state index is 0.202. The van der Waals surface area contributed by atoms with Crippen molar-refractivity contribution < 1.29 is 4.74 Å². The Balaban J connectivity index is 2.51. The number of aryl methyl sites for hydroxylation is 1. The Hall–Kier alpha value is -1.22. The van der Waals surface area contributed by atoms with Crippen molar-refractivity contribution in [3.05, 3.63) is 23.8 Å². The summed E-state index contributed by atoms with van der Waals surface area (Å²) in [4.78, 5) is 0. The maximum absolute atomic E-state index is 5.72. The number of hydrogen-bond acceptors (Lipinski definition) is 3. The molecule has 0 fully saturated rings. The Morgan fingerprint density at radius 2 is 2.06 bits per heavy atom. The highest BCUT2D eigenvalue weighted by Gasteiger charge is 2.14. The minimum atomic E-state index is 0.202. The minimum Gasteiger partial charge on any atom is -0.494 e. The second-order valence-electron chi connectivity index (χ2n) is 5.46. The summed E-state index contributed by atoms with van der Waals surface area (Å²) in [5.74, 6) is 0.963. The van der Waals surface area contributed by atoms with Gasteiger partial charge in [0.15, 0.2) is 0 Å². The molecule has 18 heavy (non-hydrogen) atoms. The van der Waals surface area contributed by atoms with Crippen LogP contribution in [0.25, 0.3) is 0 Å². The third kappa shape index (κ3) is 4.57. The molecule has 3 N–H and O–H groups in total. The van der Waals surface area contributed by atoms with E-state index in [9.17, 15) is 0 Å². The molecule has 0 amide bonds. The Labute approximate surface area is 111 Å². The first kappa shape index (κ1) is 14.8. The predicted octanol–water partition coefficient (Wildman–Crippen LogP) is 3.18. The first-order chi connectivity index (χ1) is 8.48. The highest BCUT2D eigenvalue weighted by Crippen LogP contribution is 2.23. The normalized spacial score (nSPS) is 11.4. The zero-order valence-corrected chi connectivity index (χ0v) is 12.0. The smallest absolute Gasteiger partial charge is 0.122 e. The fourth-order valence-electron chi connectivity index (χ4n) is 1.72. The van der Waals surface area contributed by atoms with Gasteiger partial charge in [-0.15, -0.1) is 0 Å². The molecule has 0 unspecified atom stereocenters. The Kier molecular flexibility index (Phi) is 5.48. The summed E-state index contributed by atoms with van der Waals surface area (Å²) in [6, 6.07) is 6.21. The lowest BCUT2D eigenvalue weighted by Crippen LogP contribution is -2.26. The van der Waals surface area contributed by atoms with Crippen LogP contribution in [-0.2, 0) is 0 Å². The maximum Gasteiger partial charge on any atom is 0.122 e. The Bertz CT molecular complexity index is 375. The molecule has 102 valence electrons. The molecule has 0 radical (unpaired) electrons.